The van der Waals surface area contributed by atoms with E-state index in [4.69, 9.17) is 4.74 Å². The average Bonchev–Trinajstić information content (AvgIpc) is 3.16. The van der Waals surface area contributed by atoms with Gasteiger partial charge in [0.2, 0.25) is 11.9 Å². The summed E-state index contributed by atoms with van der Waals surface area (Å²) in [5.41, 5.74) is 2.90. The van der Waals surface area contributed by atoms with Crippen LogP contribution in [0, 0.1) is 0 Å². The van der Waals surface area contributed by atoms with Crippen LogP contribution in [0.1, 0.15) is 18.3 Å². The number of para-hydroxylation sites is 2. The molecular weight excluding hydrogens is 383 g/mol. The Morgan fingerprint density at radius 2 is 1.87 bits per heavy atom. The molecule has 30 heavy (non-hydrogen) atoms. The summed E-state index contributed by atoms with van der Waals surface area (Å²) < 4.78 is 7.20. The maximum Gasteiger partial charge on any atom is 0.488 e. The molecule has 10 heteroatoms. The molecule has 0 aliphatic carbocycles. The molecule has 0 bridgehead atoms. The number of fused-ring (bicyclic) bond motifs is 1. The van der Waals surface area contributed by atoms with Gasteiger partial charge in [-0.15, -0.1) is 0 Å². The van der Waals surface area contributed by atoms with E-state index >= 15 is 0 Å². The molecule has 0 saturated carbocycles. The van der Waals surface area contributed by atoms with Crippen LogP contribution in [0.2, 0.25) is 0 Å². The second-order valence-electron chi connectivity index (χ2n) is 6.62. The second kappa shape index (κ2) is 8.48. The molecule has 0 aliphatic rings. The zero-order chi connectivity index (χ0) is 21.1. The Balaban J connectivity index is 1.69. The minimum atomic E-state index is -1.51. The van der Waals surface area contributed by atoms with Gasteiger partial charge in [0, 0.05) is 13.0 Å². The Hall–Kier alpha value is -3.50. The summed E-state index contributed by atoms with van der Waals surface area (Å²) in [5.74, 6) is 1.45. The van der Waals surface area contributed by atoms with Crippen molar-refractivity contribution in [2.45, 2.75) is 19.9 Å². The lowest BCUT2D eigenvalue weighted by atomic mass is 9.80. The largest absolute Gasteiger partial charge is 0.488 e. The molecule has 4 aromatic rings. The number of imidazole rings is 1. The van der Waals surface area contributed by atoms with E-state index in [9.17, 15) is 10.0 Å². The van der Waals surface area contributed by atoms with Gasteiger partial charge in [-0.1, -0.05) is 43.3 Å². The van der Waals surface area contributed by atoms with E-state index in [-0.39, 0.29) is 0 Å². The van der Waals surface area contributed by atoms with E-state index in [0.717, 1.165) is 16.6 Å². The lowest BCUT2D eigenvalue weighted by molar-refractivity contribution is 0.374. The normalized spacial score (nSPS) is 10.9. The number of hydrogen-bond donors (Lipinski definition) is 3. The van der Waals surface area contributed by atoms with Gasteiger partial charge in [0.15, 0.2) is 0 Å². The molecule has 4 rings (SSSR count). The van der Waals surface area contributed by atoms with Gasteiger partial charge in [-0.2, -0.15) is 19.9 Å². The van der Waals surface area contributed by atoms with Crippen LogP contribution >= 0.6 is 0 Å². The Bertz CT molecular complexity index is 1180. The number of nitrogens with zero attached hydrogens (tertiary/aromatic N) is 5. The summed E-state index contributed by atoms with van der Waals surface area (Å²) in [6.07, 6.45) is 0.630. The van der Waals surface area contributed by atoms with Crippen LogP contribution in [0.3, 0.4) is 0 Å². The van der Waals surface area contributed by atoms with Crippen LogP contribution in [0.25, 0.3) is 17.0 Å². The number of aryl methyl sites for hydroxylation is 1. The van der Waals surface area contributed by atoms with Crippen LogP contribution in [0.15, 0.2) is 48.5 Å². The highest BCUT2D eigenvalue weighted by Crippen LogP contribution is 2.24. The molecule has 2 heterocycles. The van der Waals surface area contributed by atoms with Crippen molar-refractivity contribution in [2.75, 3.05) is 12.4 Å². The van der Waals surface area contributed by atoms with E-state index in [1.165, 1.54) is 0 Å². The Morgan fingerprint density at radius 1 is 1.03 bits per heavy atom. The first-order valence-electron chi connectivity index (χ1n) is 9.54. The van der Waals surface area contributed by atoms with Crippen LogP contribution in [0.4, 0.5) is 5.95 Å². The lowest BCUT2D eigenvalue weighted by Crippen LogP contribution is -2.30. The van der Waals surface area contributed by atoms with Crippen molar-refractivity contribution in [2.24, 2.45) is 0 Å². The topological polar surface area (TPSA) is 118 Å². The molecule has 9 nitrogen and oxygen atoms in total. The third kappa shape index (κ3) is 3.96. The molecule has 0 aliphatic heterocycles. The van der Waals surface area contributed by atoms with E-state index in [2.05, 4.69) is 25.3 Å². The van der Waals surface area contributed by atoms with Crippen molar-refractivity contribution in [1.29, 1.82) is 0 Å². The van der Waals surface area contributed by atoms with Crippen LogP contribution in [0.5, 0.6) is 6.01 Å². The molecule has 0 spiro atoms. The molecule has 0 fully saturated rings. The third-order valence-corrected chi connectivity index (χ3v) is 4.60. The maximum atomic E-state index is 9.36. The van der Waals surface area contributed by atoms with Crippen molar-refractivity contribution in [1.82, 2.24) is 24.5 Å². The zero-order valence-corrected chi connectivity index (χ0v) is 16.6. The molecule has 152 valence electrons. The fraction of sp³-hybridized carbons (Fsp3) is 0.200. The Kier molecular flexibility index (Phi) is 5.60. The highest BCUT2D eigenvalue weighted by molar-refractivity contribution is 6.58. The minimum Gasteiger partial charge on any atom is -0.468 e. The van der Waals surface area contributed by atoms with Crippen molar-refractivity contribution >= 4 is 29.6 Å². The molecule has 0 radical (unpaired) electrons. The van der Waals surface area contributed by atoms with Gasteiger partial charge in [-0.3, -0.25) is 0 Å². The van der Waals surface area contributed by atoms with Crippen LogP contribution in [-0.2, 0) is 13.0 Å². The third-order valence-electron chi connectivity index (χ3n) is 4.60. The van der Waals surface area contributed by atoms with E-state index < -0.39 is 7.12 Å². The number of anilines is 1. The number of ether oxygens (including phenoxy) is 1. The van der Waals surface area contributed by atoms with Crippen molar-refractivity contribution in [3.8, 4) is 12.0 Å². The summed E-state index contributed by atoms with van der Waals surface area (Å²) in [4.78, 5) is 18.1. The van der Waals surface area contributed by atoms with Gasteiger partial charge in [0.1, 0.15) is 5.82 Å². The number of methoxy groups -OCH3 is 1. The summed E-state index contributed by atoms with van der Waals surface area (Å²) in [6.45, 7) is 2.38. The minimum absolute atomic E-state index is 0.389. The van der Waals surface area contributed by atoms with Gasteiger partial charge < -0.3 is 20.1 Å². The maximum absolute atomic E-state index is 9.36. The van der Waals surface area contributed by atoms with E-state index in [1.54, 1.807) is 29.9 Å². The first kappa shape index (κ1) is 19.8. The van der Waals surface area contributed by atoms with Crippen molar-refractivity contribution in [3.63, 3.8) is 0 Å². The van der Waals surface area contributed by atoms with Gasteiger partial charge in [-0.25, -0.2) is 4.57 Å². The molecule has 0 atom stereocenters. The molecule has 3 N–H and O–H groups in total. The molecule has 2 aromatic heterocycles. The smallest absolute Gasteiger partial charge is 0.468 e. The predicted octanol–water partition coefficient (Wildman–Crippen LogP) is 1.07. The molecule has 0 amide bonds. The summed E-state index contributed by atoms with van der Waals surface area (Å²) in [7, 11) is 0.0453. The lowest BCUT2D eigenvalue weighted by Gasteiger charge is -2.11. The van der Waals surface area contributed by atoms with Gasteiger partial charge in [0.25, 0.3) is 0 Å². The van der Waals surface area contributed by atoms with Crippen molar-refractivity contribution in [3.05, 3.63) is 59.9 Å². The highest BCUT2D eigenvalue weighted by Gasteiger charge is 2.17. The molecular formula is C20H21BN6O3. The number of aromatic nitrogens is 5. The number of nitrogens with one attached hydrogen (secondary N) is 1. The van der Waals surface area contributed by atoms with E-state index in [1.807, 2.05) is 37.3 Å². The van der Waals surface area contributed by atoms with Crippen molar-refractivity contribution < 1.29 is 14.8 Å². The second-order valence-corrected chi connectivity index (χ2v) is 6.62. The summed E-state index contributed by atoms with van der Waals surface area (Å²) >= 11 is 0. The van der Waals surface area contributed by atoms with Gasteiger partial charge in [0.05, 0.1) is 18.1 Å². The number of rotatable bonds is 7. The molecule has 0 saturated heterocycles. The van der Waals surface area contributed by atoms with Gasteiger partial charge >= 0.3 is 13.1 Å². The zero-order valence-electron chi connectivity index (χ0n) is 16.6. The average molecular weight is 404 g/mol. The fourth-order valence-corrected chi connectivity index (χ4v) is 3.12. The van der Waals surface area contributed by atoms with Crippen LogP contribution in [-0.4, -0.2) is 48.8 Å². The van der Waals surface area contributed by atoms with Gasteiger partial charge in [-0.05, 0) is 23.2 Å². The SMILES string of the molecule is CCc1nc(NCc2cccc(B(O)O)c2)nc(-n2c(OC)nc3ccccc32)n1. The van der Waals surface area contributed by atoms with Crippen LogP contribution < -0.4 is 15.5 Å². The standard InChI is InChI=1S/C20H21BN6O3/c1-3-17-24-18(22-12-13-7-6-8-14(11-13)21(28)29)26-19(25-17)27-16-10-5-4-9-15(16)23-20(27)30-2/h4-11,28-29H,3,12H2,1-2H3,(H,22,24,25,26). The summed E-state index contributed by atoms with van der Waals surface area (Å²) in [5, 5.41) is 21.9. The number of benzene rings is 2. The molecule has 0 unspecified atom stereocenters. The first-order chi connectivity index (χ1) is 14.6. The predicted molar refractivity (Wildman–Crippen MR) is 114 cm³/mol. The first-order valence-corrected chi connectivity index (χ1v) is 9.54. The Labute approximate surface area is 173 Å². The Morgan fingerprint density at radius 3 is 2.63 bits per heavy atom. The summed E-state index contributed by atoms with van der Waals surface area (Å²) in [6, 6.07) is 15.1. The van der Waals surface area contributed by atoms with E-state index in [0.29, 0.717) is 42.2 Å². The monoisotopic (exact) mass is 404 g/mol. The number of hydrogen-bond acceptors (Lipinski definition) is 8. The fourth-order valence-electron chi connectivity index (χ4n) is 3.12. The molecule has 2 aromatic carbocycles. The highest BCUT2D eigenvalue weighted by atomic mass is 16.5. The quantitative estimate of drug-likeness (QED) is 0.392.